The highest BCUT2D eigenvalue weighted by Gasteiger charge is 2.40. The van der Waals surface area contributed by atoms with Crippen LogP contribution in [0, 0.1) is 6.92 Å². The van der Waals surface area contributed by atoms with E-state index in [9.17, 15) is 13.2 Å². The number of rotatable bonds is 5. The number of nitrogens with one attached hydrogen (secondary N) is 1. The van der Waals surface area contributed by atoms with Crippen LogP contribution < -0.4 is 4.72 Å². The molecule has 2 rings (SSSR count). The summed E-state index contributed by atoms with van der Waals surface area (Å²) in [4.78, 5) is 11.2. The zero-order valence-corrected chi connectivity index (χ0v) is 13.3. The Morgan fingerprint density at radius 3 is 2.57 bits per heavy atom. The van der Waals surface area contributed by atoms with Crippen molar-refractivity contribution in [2.75, 3.05) is 0 Å². The number of aliphatic carboxylic acids is 1. The third-order valence-corrected chi connectivity index (χ3v) is 5.80. The van der Waals surface area contributed by atoms with Crippen LogP contribution in [0.1, 0.15) is 37.7 Å². The molecule has 5 nitrogen and oxygen atoms in total. The summed E-state index contributed by atoms with van der Waals surface area (Å²) < 4.78 is 27.8. The first-order valence-electron chi connectivity index (χ1n) is 6.76. The van der Waals surface area contributed by atoms with E-state index in [1.165, 1.54) is 6.07 Å². The molecule has 116 valence electrons. The molecule has 1 aromatic rings. The molecule has 0 atom stereocenters. The Bertz CT molecular complexity index is 651. The van der Waals surface area contributed by atoms with E-state index >= 15 is 0 Å². The van der Waals surface area contributed by atoms with E-state index < -0.39 is 21.5 Å². The second-order valence-corrected chi connectivity index (χ2v) is 7.66. The van der Waals surface area contributed by atoms with Gasteiger partial charge in [-0.3, -0.25) is 4.79 Å². The third kappa shape index (κ3) is 3.75. The van der Waals surface area contributed by atoms with Crippen LogP contribution in [0.3, 0.4) is 0 Å². The third-order valence-electron chi connectivity index (χ3n) is 3.84. The van der Waals surface area contributed by atoms with Crippen molar-refractivity contribution in [3.8, 4) is 0 Å². The van der Waals surface area contributed by atoms with E-state index in [4.69, 9.17) is 16.7 Å². The first-order valence-corrected chi connectivity index (χ1v) is 8.62. The Balaban J connectivity index is 2.35. The molecule has 0 bridgehead atoms. The first kappa shape index (κ1) is 16.3. The van der Waals surface area contributed by atoms with Gasteiger partial charge in [0.1, 0.15) is 0 Å². The van der Waals surface area contributed by atoms with Crippen molar-refractivity contribution in [2.24, 2.45) is 0 Å². The lowest BCUT2D eigenvalue weighted by molar-refractivity contribution is -0.138. The van der Waals surface area contributed by atoms with Gasteiger partial charge in [-0.2, -0.15) is 0 Å². The highest BCUT2D eigenvalue weighted by molar-refractivity contribution is 7.89. The highest BCUT2D eigenvalue weighted by Crippen LogP contribution is 2.34. The summed E-state index contributed by atoms with van der Waals surface area (Å²) in [7, 11) is -3.80. The molecule has 0 heterocycles. The van der Waals surface area contributed by atoms with Crippen molar-refractivity contribution in [1.82, 2.24) is 4.72 Å². The predicted molar refractivity (Wildman–Crippen MR) is 80.0 cm³/mol. The SMILES string of the molecule is Cc1ccc(Cl)cc1S(=O)(=O)NC1(CC(=O)O)CCCC1. The van der Waals surface area contributed by atoms with Gasteiger partial charge in [0.2, 0.25) is 10.0 Å². The van der Waals surface area contributed by atoms with Gasteiger partial charge in [0.05, 0.1) is 11.3 Å². The lowest BCUT2D eigenvalue weighted by atomic mass is 9.95. The molecule has 21 heavy (non-hydrogen) atoms. The van der Waals surface area contributed by atoms with Crippen molar-refractivity contribution in [1.29, 1.82) is 0 Å². The Morgan fingerprint density at radius 2 is 2.00 bits per heavy atom. The quantitative estimate of drug-likeness (QED) is 0.869. The summed E-state index contributed by atoms with van der Waals surface area (Å²) in [6, 6.07) is 4.65. The molecule has 7 heteroatoms. The average molecular weight is 332 g/mol. The van der Waals surface area contributed by atoms with Crippen LogP contribution in [0.5, 0.6) is 0 Å². The van der Waals surface area contributed by atoms with Gasteiger partial charge in [-0.25, -0.2) is 13.1 Å². The van der Waals surface area contributed by atoms with Crippen molar-refractivity contribution in [3.63, 3.8) is 0 Å². The first-order chi connectivity index (χ1) is 9.74. The molecule has 0 saturated heterocycles. The fourth-order valence-electron chi connectivity index (χ4n) is 2.86. The maximum atomic E-state index is 12.6. The largest absolute Gasteiger partial charge is 0.481 e. The fourth-order valence-corrected chi connectivity index (χ4v) is 4.83. The number of carboxylic acid groups (broad SMARTS) is 1. The molecule has 1 aliphatic rings. The van der Waals surface area contributed by atoms with Crippen molar-refractivity contribution < 1.29 is 18.3 Å². The maximum absolute atomic E-state index is 12.6. The molecule has 0 aromatic heterocycles. The maximum Gasteiger partial charge on any atom is 0.305 e. The van der Waals surface area contributed by atoms with E-state index in [0.29, 0.717) is 23.4 Å². The van der Waals surface area contributed by atoms with Gasteiger partial charge in [0.15, 0.2) is 0 Å². The average Bonchev–Trinajstić information content (AvgIpc) is 2.78. The second kappa shape index (κ2) is 5.94. The number of sulfonamides is 1. The second-order valence-electron chi connectivity index (χ2n) is 5.57. The fraction of sp³-hybridized carbons (Fsp3) is 0.500. The van der Waals surface area contributed by atoms with Crippen molar-refractivity contribution >= 4 is 27.6 Å². The van der Waals surface area contributed by atoms with Crippen LogP contribution >= 0.6 is 11.6 Å². The van der Waals surface area contributed by atoms with Gasteiger partial charge < -0.3 is 5.11 Å². The van der Waals surface area contributed by atoms with Crippen LogP contribution in [0.25, 0.3) is 0 Å². The number of benzene rings is 1. The molecule has 0 spiro atoms. The highest BCUT2D eigenvalue weighted by atomic mass is 35.5. The topological polar surface area (TPSA) is 83.5 Å². The minimum Gasteiger partial charge on any atom is -0.481 e. The lowest BCUT2D eigenvalue weighted by Gasteiger charge is -2.28. The summed E-state index contributed by atoms with van der Waals surface area (Å²) >= 11 is 5.87. The van der Waals surface area contributed by atoms with Crippen molar-refractivity contribution in [2.45, 2.75) is 49.5 Å². The van der Waals surface area contributed by atoms with Crippen LogP contribution in [0.15, 0.2) is 23.1 Å². The van der Waals surface area contributed by atoms with Gasteiger partial charge in [-0.15, -0.1) is 0 Å². The molecular formula is C14H18ClNO4S. The minimum absolute atomic E-state index is 0.103. The zero-order valence-electron chi connectivity index (χ0n) is 11.7. The molecule has 1 fully saturated rings. The van der Waals surface area contributed by atoms with E-state index in [0.717, 1.165) is 12.8 Å². The smallest absolute Gasteiger partial charge is 0.305 e. The monoisotopic (exact) mass is 331 g/mol. The molecule has 1 saturated carbocycles. The number of carboxylic acids is 1. The normalized spacial score (nSPS) is 17.8. The molecule has 0 radical (unpaired) electrons. The lowest BCUT2D eigenvalue weighted by Crippen LogP contribution is -2.47. The van der Waals surface area contributed by atoms with Gasteiger partial charge in [-0.05, 0) is 37.5 Å². The van der Waals surface area contributed by atoms with E-state index in [1.807, 2.05) is 0 Å². The minimum atomic E-state index is -3.80. The Kier molecular flexibility index (Phi) is 4.60. The molecule has 0 amide bonds. The Labute approximate surface area is 129 Å². The number of hydrogen-bond donors (Lipinski definition) is 2. The number of carbonyl (C=O) groups is 1. The molecular weight excluding hydrogens is 314 g/mol. The van der Waals surface area contributed by atoms with Crippen molar-refractivity contribution in [3.05, 3.63) is 28.8 Å². The summed E-state index contributed by atoms with van der Waals surface area (Å²) in [5.74, 6) is -0.998. The molecule has 1 aromatic carbocycles. The van der Waals surface area contributed by atoms with Gasteiger partial charge in [0.25, 0.3) is 0 Å². The standard InChI is InChI=1S/C14H18ClNO4S/c1-10-4-5-11(15)8-12(10)21(19,20)16-14(9-13(17)18)6-2-3-7-14/h4-5,8,16H,2-3,6-7,9H2,1H3,(H,17,18). The summed E-state index contributed by atoms with van der Waals surface area (Å²) in [5.41, 5.74) is -0.310. The Morgan fingerprint density at radius 1 is 1.38 bits per heavy atom. The van der Waals surface area contributed by atoms with E-state index in [1.54, 1.807) is 19.1 Å². The van der Waals surface area contributed by atoms with Gasteiger partial charge in [0, 0.05) is 10.6 Å². The predicted octanol–water partition coefficient (Wildman–Crippen LogP) is 2.71. The number of halogens is 1. The molecule has 2 N–H and O–H groups in total. The van der Waals surface area contributed by atoms with Crippen LogP contribution in [-0.4, -0.2) is 25.0 Å². The summed E-state index contributed by atoms with van der Waals surface area (Å²) in [5, 5.41) is 9.38. The van der Waals surface area contributed by atoms with E-state index in [2.05, 4.69) is 4.72 Å². The summed E-state index contributed by atoms with van der Waals surface area (Å²) in [6.45, 7) is 1.68. The van der Waals surface area contributed by atoms with Crippen LogP contribution in [0.2, 0.25) is 5.02 Å². The van der Waals surface area contributed by atoms with Crippen LogP contribution in [-0.2, 0) is 14.8 Å². The van der Waals surface area contributed by atoms with E-state index in [-0.39, 0.29) is 11.3 Å². The summed E-state index contributed by atoms with van der Waals surface area (Å²) in [6.07, 6.45) is 2.52. The molecule has 1 aliphatic carbocycles. The van der Waals surface area contributed by atoms with Gasteiger partial charge in [-0.1, -0.05) is 30.5 Å². The molecule has 0 aliphatic heterocycles. The zero-order chi connectivity index (χ0) is 15.7. The Hall–Kier alpha value is -1.11. The number of aryl methyl sites for hydroxylation is 1. The molecule has 0 unspecified atom stereocenters. The number of hydrogen-bond acceptors (Lipinski definition) is 3. The van der Waals surface area contributed by atoms with Crippen LogP contribution in [0.4, 0.5) is 0 Å². The van der Waals surface area contributed by atoms with Gasteiger partial charge >= 0.3 is 5.97 Å².